The van der Waals surface area contributed by atoms with E-state index in [-0.39, 0.29) is 23.9 Å². The molecule has 2 aliphatic rings. The topological polar surface area (TPSA) is 79.0 Å². The molecule has 3 N–H and O–H groups in total. The minimum Gasteiger partial charge on any atom is -0.446 e. The predicted molar refractivity (Wildman–Crippen MR) is 104 cm³/mol. The van der Waals surface area contributed by atoms with E-state index in [1.54, 1.807) is 17.8 Å². The van der Waals surface area contributed by atoms with Crippen molar-refractivity contribution in [1.29, 1.82) is 0 Å². The number of aromatic nitrogens is 2. The molecule has 1 fully saturated rings. The minimum absolute atomic E-state index is 0.0760. The van der Waals surface area contributed by atoms with Crippen LogP contribution < -0.4 is 10.6 Å². The second-order valence-corrected chi connectivity index (χ2v) is 7.94. The van der Waals surface area contributed by atoms with E-state index in [4.69, 9.17) is 4.74 Å². The Balaban J connectivity index is 1.39. The number of halogens is 1. The Morgan fingerprint density at radius 2 is 2.30 bits per heavy atom. The Bertz CT molecular complexity index is 841. The summed E-state index contributed by atoms with van der Waals surface area (Å²) in [7, 11) is 0. The average Bonchev–Trinajstić information content (AvgIpc) is 3.38. The number of anilines is 2. The minimum atomic E-state index is -0.361. The van der Waals surface area contributed by atoms with E-state index in [1.165, 1.54) is 0 Å². The molecule has 144 valence electrons. The summed E-state index contributed by atoms with van der Waals surface area (Å²) in [6.45, 7) is 2.42. The lowest BCUT2D eigenvalue weighted by Crippen LogP contribution is -2.27. The SMILES string of the molecule is CCNC(=O)OC1CCC(c2cc(Nc3ccc4c(c3F)CSC4)n[nH]2)C1. The third-order valence-corrected chi connectivity index (χ3v) is 6.13. The van der Waals surface area contributed by atoms with Gasteiger partial charge >= 0.3 is 6.09 Å². The van der Waals surface area contributed by atoms with E-state index in [2.05, 4.69) is 20.8 Å². The number of nitrogens with one attached hydrogen (secondary N) is 3. The highest BCUT2D eigenvalue weighted by Crippen LogP contribution is 2.37. The summed E-state index contributed by atoms with van der Waals surface area (Å²) in [5.74, 6) is 2.27. The van der Waals surface area contributed by atoms with Gasteiger partial charge in [-0.2, -0.15) is 16.9 Å². The van der Waals surface area contributed by atoms with Gasteiger partial charge in [0.05, 0.1) is 5.69 Å². The summed E-state index contributed by atoms with van der Waals surface area (Å²) in [4.78, 5) is 11.6. The van der Waals surface area contributed by atoms with Gasteiger partial charge in [0.2, 0.25) is 0 Å². The number of carbonyl (C=O) groups is 1. The van der Waals surface area contributed by atoms with E-state index in [0.29, 0.717) is 18.1 Å². The van der Waals surface area contributed by atoms with Crippen LogP contribution in [0.2, 0.25) is 0 Å². The molecule has 2 atom stereocenters. The van der Waals surface area contributed by atoms with Gasteiger partial charge in [-0.05, 0) is 37.8 Å². The van der Waals surface area contributed by atoms with Crippen molar-refractivity contribution in [3.8, 4) is 0 Å². The number of hydrogen-bond donors (Lipinski definition) is 3. The van der Waals surface area contributed by atoms with Gasteiger partial charge in [0, 0.05) is 41.3 Å². The van der Waals surface area contributed by atoms with Gasteiger partial charge in [0.25, 0.3) is 0 Å². The molecule has 1 aromatic heterocycles. The van der Waals surface area contributed by atoms with Crippen molar-refractivity contribution in [2.75, 3.05) is 11.9 Å². The van der Waals surface area contributed by atoms with Crippen LogP contribution in [-0.4, -0.2) is 28.9 Å². The highest BCUT2D eigenvalue weighted by molar-refractivity contribution is 7.98. The maximum absolute atomic E-state index is 14.6. The zero-order valence-electron chi connectivity index (χ0n) is 15.2. The molecule has 4 rings (SSSR count). The van der Waals surface area contributed by atoms with Gasteiger partial charge < -0.3 is 15.4 Å². The van der Waals surface area contributed by atoms with E-state index < -0.39 is 0 Å². The van der Waals surface area contributed by atoms with Crippen molar-refractivity contribution < 1.29 is 13.9 Å². The highest BCUT2D eigenvalue weighted by Gasteiger charge is 2.30. The third kappa shape index (κ3) is 3.90. The van der Waals surface area contributed by atoms with E-state index in [9.17, 15) is 9.18 Å². The molecular weight excluding hydrogens is 367 g/mol. The predicted octanol–water partition coefficient (Wildman–Crippen LogP) is 4.42. The van der Waals surface area contributed by atoms with Gasteiger partial charge in [-0.1, -0.05) is 6.07 Å². The summed E-state index contributed by atoms with van der Waals surface area (Å²) < 4.78 is 20.0. The fourth-order valence-electron chi connectivity index (χ4n) is 3.73. The van der Waals surface area contributed by atoms with Gasteiger partial charge in [-0.3, -0.25) is 5.10 Å². The first-order valence-corrected chi connectivity index (χ1v) is 10.4. The number of fused-ring (bicyclic) bond motifs is 1. The molecule has 2 unspecified atom stereocenters. The number of aromatic amines is 1. The van der Waals surface area contributed by atoms with Crippen LogP contribution in [0.15, 0.2) is 18.2 Å². The Labute approximate surface area is 161 Å². The van der Waals surface area contributed by atoms with Crippen molar-refractivity contribution in [2.24, 2.45) is 0 Å². The summed E-state index contributed by atoms with van der Waals surface area (Å²) in [6.07, 6.45) is 2.09. The zero-order chi connectivity index (χ0) is 18.8. The van der Waals surface area contributed by atoms with Crippen molar-refractivity contribution in [3.05, 3.63) is 40.8 Å². The van der Waals surface area contributed by atoms with Gasteiger partial charge in [-0.25, -0.2) is 9.18 Å². The highest BCUT2D eigenvalue weighted by atomic mass is 32.2. The second-order valence-electron chi connectivity index (χ2n) is 6.96. The molecule has 6 nitrogen and oxygen atoms in total. The number of nitrogens with zero attached hydrogens (tertiary/aromatic N) is 1. The lowest BCUT2D eigenvalue weighted by molar-refractivity contribution is 0.101. The monoisotopic (exact) mass is 390 g/mol. The van der Waals surface area contributed by atoms with E-state index in [1.807, 2.05) is 19.1 Å². The number of ether oxygens (including phenoxy) is 1. The Morgan fingerprint density at radius 3 is 3.15 bits per heavy atom. The summed E-state index contributed by atoms with van der Waals surface area (Å²) in [6, 6.07) is 5.68. The normalized spacial score (nSPS) is 21.1. The molecule has 0 spiro atoms. The van der Waals surface area contributed by atoms with Gasteiger partial charge in [0.1, 0.15) is 6.10 Å². The number of alkyl carbamates (subject to hydrolysis) is 1. The number of thioether (sulfide) groups is 1. The number of H-pyrrole nitrogens is 1. The zero-order valence-corrected chi connectivity index (χ0v) is 16.0. The van der Waals surface area contributed by atoms with Gasteiger partial charge in [-0.15, -0.1) is 0 Å². The third-order valence-electron chi connectivity index (χ3n) is 5.12. The first-order chi connectivity index (χ1) is 13.1. The molecule has 0 radical (unpaired) electrons. The number of benzene rings is 1. The Morgan fingerprint density at radius 1 is 1.41 bits per heavy atom. The lowest BCUT2D eigenvalue weighted by atomic mass is 10.0. The fraction of sp³-hybridized carbons (Fsp3) is 0.474. The molecule has 8 heteroatoms. The van der Waals surface area contributed by atoms with Crippen LogP contribution in [0.25, 0.3) is 0 Å². The number of rotatable bonds is 5. The van der Waals surface area contributed by atoms with E-state index >= 15 is 0 Å². The quantitative estimate of drug-likeness (QED) is 0.704. The van der Waals surface area contributed by atoms with Crippen LogP contribution in [-0.2, 0) is 16.2 Å². The molecule has 1 aromatic carbocycles. The molecule has 0 bridgehead atoms. The first kappa shape index (κ1) is 18.2. The second kappa shape index (κ2) is 7.80. The number of amides is 1. The summed E-state index contributed by atoms with van der Waals surface area (Å²) >= 11 is 1.73. The number of hydrogen-bond acceptors (Lipinski definition) is 5. The van der Waals surface area contributed by atoms with E-state index in [0.717, 1.165) is 47.6 Å². The van der Waals surface area contributed by atoms with Crippen LogP contribution in [0.5, 0.6) is 0 Å². The average molecular weight is 390 g/mol. The molecule has 1 aliphatic heterocycles. The smallest absolute Gasteiger partial charge is 0.407 e. The van der Waals surface area contributed by atoms with Crippen LogP contribution >= 0.6 is 11.8 Å². The van der Waals surface area contributed by atoms with Crippen LogP contribution in [0.1, 0.15) is 48.9 Å². The standard InChI is InChI=1S/C19H23FN4O2S/c1-2-21-19(25)26-13-5-3-11(7-13)16-8-17(24-23-16)22-15-6-4-12-9-27-10-14(12)18(15)20/h4,6,8,11,13H,2-3,5,7,9-10H2,1H3,(H,21,25)(H2,22,23,24). The van der Waals surface area contributed by atoms with Gasteiger partial charge in [0.15, 0.2) is 11.6 Å². The molecule has 1 amide bonds. The first-order valence-electron chi connectivity index (χ1n) is 9.28. The largest absolute Gasteiger partial charge is 0.446 e. The molecule has 1 saturated carbocycles. The fourth-order valence-corrected chi connectivity index (χ4v) is 4.84. The molecule has 2 heterocycles. The summed E-state index contributed by atoms with van der Waals surface area (Å²) in [5.41, 5.74) is 3.31. The van der Waals surface area contributed by atoms with Crippen molar-refractivity contribution in [1.82, 2.24) is 15.5 Å². The molecule has 1 aliphatic carbocycles. The van der Waals surface area contributed by atoms with Crippen molar-refractivity contribution in [2.45, 2.75) is 49.7 Å². The number of carbonyl (C=O) groups excluding carboxylic acids is 1. The molecular formula is C19H23FN4O2S. The van der Waals surface area contributed by atoms with Crippen LogP contribution in [0.3, 0.4) is 0 Å². The molecule has 0 saturated heterocycles. The Kier molecular flexibility index (Phi) is 5.24. The lowest BCUT2D eigenvalue weighted by Gasteiger charge is -2.12. The molecule has 2 aromatic rings. The maximum Gasteiger partial charge on any atom is 0.407 e. The van der Waals surface area contributed by atoms with Crippen molar-refractivity contribution in [3.63, 3.8) is 0 Å². The molecule has 27 heavy (non-hydrogen) atoms. The van der Waals surface area contributed by atoms with Crippen LogP contribution in [0, 0.1) is 5.82 Å². The maximum atomic E-state index is 14.6. The van der Waals surface area contributed by atoms with Crippen molar-refractivity contribution >= 4 is 29.4 Å². The Hall–Kier alpha value is -2.22. The van der Waals surface area contributed by atoms with Crippen LogP contribution in [0.4, 0.5) is 20.7 Å². The summed E-state index contributed by atoms with van der Waals surface area (Å²) in [5, 5.41) is 13.1.